The summed E-state index contributed by atoms with van der Waals surface area (Å²) in [5.74, 6) is -0.971. The van der Waals surface area contributed by atoms with Crippen LogP contribution in [0.5, 0.6) is 0 Å². The number of nitrogens with zero attached hydrogens (tertiary/aromatic N) is 2. The van der Waals surface area contributed by atoms with Crippen molar-refractivity contribution in [1.29, 1.82) is 0 Å². The minimum Gasteiger partial charge on any atom is -0.476 e. The number of aromatic carboxylic acids is 1. The Morgan fingerprint density at radius 1 is 1.32 bits per heavy atom. The van der Waals surface area contributed by atoms with Crippen LogP contribution in [0.15, 0.2) is 18.2 Å². The van der Waals surface area contributed by atoms with E-state index in [1.807, 2.05) is 32.0 Å². The second kappa shape index (κ2) is 4.37. The van der Waals surface area contributed by atoms with Crippen molar-refractivity contribution in [3.8, 4) is 0 Å². The van der Waals surface area contributed by atoms with Gasteiger partial charge in [0.25, 0.3) is 0 Å². The van der Waals surface area contributed by atoms with Gasteiger partial charge in [-0.25, -0.2) is 4.79 Å². The summed E-state index contributed by atoms with van der Waals surface area (Å²) >= 11 is 0. The number of benzene rings is 1. The lowest BCUT2D eigenvalue weighted by Gasteiger charge is -2.20. The van der Waals surface area contributed by atoms with Gasteiger partial charge in [0.05, 0.1) is 5.52 Å². The molecule has 0 radical (unpaired) electrons. The quantitative estimate of drug-likeness (QED) is 0.897. The van der Waals surface area contributed by atoms with Gasteiger partial charge in [0.15, 0.2) is 5.69 Å². The van der Waals surface area contributed by atoms with Crippen molar-refractivity contribution in [2.45, 2.75) is 46.1 Å². The molecule has 1 N–H and O–H groups in total. The molecule has 0 aliphatic carbocycles. The van der Waals surface area contributed by atoms with Crippen LogP contribution in [0, 0.1) is 0 Å². The highest BCUT2D eigenvalue weighted by Gasteiger charge is 2.25. The summed E-state index contributed by atoms with van der Waals surface area (Å²) in [6.45, 7) is 10.3. The number of aromatic nitrogens is 2. The summed E-state index contributed by atoms with van der Waals surface area (Å²) in [4.78, 5) is 11.5. The van der Waals surface area contributed by atoms with Crippen LogP contribution in [0.2, 0.25) is 0 Å². The van der Waals surface area contributed by atoms with Crippen LogP contribution in [0.4, 0.5) is 0 Å². The molecule has 2 aromatic rings. The number of hydrogen-bond donors (Lipinski definition) is 1. The number of hydrogen-bond acceptors (Lipinski definition) is 2. The Morgan fingerprint density at radius 2 is 1.95 bits per heavy atom. The minimum atomic E-state index is -0.971. The topological polar surface area (TPSA) is 55.1 Å². The van der Waals surface area contributed by atoms with Gasteiger partial charge in [-0.05, 0) is 30.9 Å². The van der Waals surface area contributed by atoms with E-state index < -0.39 is 5.97 Å². The third-order valence-corrected chi connectivity index (χ3v) is 3.23. The molecular formula is C15H20N2O2. The van der Waals surface area contributed by atoms with Gasteiger partial charge < -0.3 is 5.11 Å². The van der Waals surface area contributed by atoms with Crippen LogP contribution in [-0.2, 0) is 5.41 Å². The molecule has 0 bridgehead atoms. The van der Waals surface area contributed by atoms with Crippen molar-refractivity contribution >= 4 is 16.9 Å². The first-order chi connectivity index (χ1) is 8.73. The van der Waals surface area contributed by atoms with E-state index in [9.17, 15) is 9.90 Å². The normalized spacial score (nSPS) is 12.3. The van der Waals surface area contributed by atoms with Crippen molar-refractivity contribution in [2.24, 2.45) is 0 Å². The van der Waals surface area contributed by atoms with Gasteiger partial charge in [-0.15, -0.1) is 0 Å². The third-order valence-electron chi connectivity index (χ3n) is 3.23. The standard InChI is InChI=1S/C15H20N2O2/c1-9(2)17-11-8-6-7-10(15(3,4)5)12(11)13(16-17)14(18)19/h6-9H,1-5H3,(H,18,19). The van der Waals surface area contributed by atoms with Crippen LogP contribution in [0.3, 0.4) is 0 Å². The Balaban J connectivity index is 2.91. The summed E-state index contributed by atoms with van der Waals surface area (Å²) in [7, 11) is 0. The Hall–Kier alpha value is -1.84. The Morgan fingerprint density at radius 3 is 2.42 bits per heavy atom. The number of carboxylic acid groups (broad SMARTS) is 1. The van der Waals surface area contributed by atoms with Crippen molar-refractivity contribution < 1.29 is 9.90 Å². The minimum absolute atomic E-state index is 0.117. The lowest BCUT2D eigenvalue weighted by Crippen LogP contribution is -2.12. The van der Waals surface area contributed by atoms with E-state index in [1.165, 1.54) is 0 Å². The molecule has 4 heteroatoms. The zero-order chi connectivity index (χ0) is 14.4. The van der Waals surface area contributed by atoms with Crippen molar-refractivity contribution in [1.82, 2.24) is 9.78 Å². The summed E-state index contributed by atoms with van der Waals surface area (Å²) in [5.41, 5.74) is 1.94. The first-order valence-electron chi connectivity index (χ1n) is 6.48. The van der Waals surface area contributed by atoms with Gasteiger partial charge in [-0.1, -0.05) is 32.9 Å². The fourth-order valence-corrected chi connectivity index (χ4v) is 2.36. The fraction of sp³-hybridized carbons (Fsp3) is 0.467. The lowest BCUT2D eigenvalue weighted by molar-refractivity contribution is 0.0691. The molecule has 0 aliphatic heterocycles. The maximum absolute atomic E-state index is 11.5. The monoisotopic (exact) mass is 260 g/mol. The van der Waals surface area contributed by atoms with Crippen LogP contribution < -0.4 is 0 Å². The SMILES string of the molecule is CC(C)n1nc(C(=O)O)c2c(C(C)(C)C)cccc21. The Kier molecular flexibility index (Phi) is 3.12. The molecular weight excluding hydrogens is 240 g/mol. The van der Waals surface area contributed by atoms with E-state index in [2.05, 4.69) is 25.9 Å². The van der Waals surface area contributed by atoms with E-state index in [4.69, 9.17) is 0 Å². The highest BCUT2D eigenvalue weighted by atomic mass is 16.4. The average Bonchev–Trinajstić information content (AvgIpc) is 2.66. The largest absolute Gasteiger partial charge is 0.476 e. The number of carbonyl (C=O) groups is 1. The molecule has 0 atom stereocenters. The van der Waals surface area contributed by atoms with Gasteiger partial charge in [-0.2, -0.15) is 5.10 Å². The number of carboxylic acids is 1. The summed E-state index contributed by atoms with van der Waals surface area (Å²) in [6.07, 6.45) is 0. The third kappa shape index (κ3) is 2.23. The Labute approximate surface area is 113 Å². The molecule has 19 heavy (non-hydrogen) atoms. The second-order valence-electron chi connectivity index (χ2n) is 6.14. The molecule has 4 nitrogen and oxygen atoms in total. The van der Waals surface area contributed by atoms with Gasteiger partial charge in [0, 0.05) is 11.4 Å². The van der Waals surface area contributed by atoms with Gasteiger partial charge >= 0.3 is 5.97 Å². The number of rotatable bonds is 2. The maximum Gasteiger partial charge on any atom is 0.357 e. The van der Waals surface area contributed by atoms with E-state index in [1.54, 1.807) is 4.68 Å². The molecule has 0 unspecified atom stereocenters. The van der Waals surface area contributed by atoms with Crippen molar-refractivity contribution in [2.75, 3.05) is 0 Å². The average molecular weight is 260 g/mol. The zero-order valence-electron chi connectivity index (χ0n) is 12.1. The molecule has 0 saturated heterocycles. The smallest absolute Gasteiger partial charge is 0.357 e. The highest BCUT2D eigenvalue weighted by Crippen LogP contribution is 2.33. The van der Waals surface area contributed by atoms with Crippen LogP contribution in [0.1, 0.15) is 56.7 Å². The lowest BCUT2D eigenvalue weighted by atomic mass is 9.84. The molecule has 0 fully saturated rings. The molecule has 1 heterocycles. The van der Waals surface area contributed by atoms with E-state index >= 15 is 0 Å². The molecule has 2 rings (SSSR count). The van der Waals surface area contributed by atoms with Crippen LogP contribution in [-0.4, -0.2) is 20.9 Å². The van der Waals surface area contributed by atoms with Crippen LogP contribution in [0.25, 0.3) is 10.9 Å². The molecule has 1 aromatic heterocycles. The number of fused-ring (bicyclic) bond motifs is 1. The van der Waals surface area contributed by atoms with E-state index in [0.717, 1.165) is 16.5 Å². The van der Waals surface area contributed by atoms with Gasteiger partial charge in [0.1, 0.15) is 0 Å². The van der Waals surface area contributed by atoms with E-state index in [-0.39, 0.29) is 17.2 Å². The van der Waals surface area contributed by atoms with Crippen LogP contribution >= 0.6 is 0 Å². The fourth-order valence-electron chi connectivity index (χ4n) is 2.36. The predicted molar refractivity (Wildman–Crippen MR) is 75.8 cm³/mol. The van der Waals surface area contributed by atoms with Crippen molar-refractivity contribution in [3.05, 3.63) is 29.5 Å². The molecule has 102 valence electrons. The molecule has 0 aliphatic rings. The van der Waals surface area contributed by atoms with E-state index in [0.29, 0.717) is 0 Å². The zero-order valence-corrected chi connectivity index (χ0v) is 12.1. The maximum atomic E-state index is 11.5. The molecule has 1 aromatic carbocycles. The highest BCUT2D eigenvalue weighted by molar-refractivity contribution is 6.03. The summed E-state index contributed by atoms with van der Waals surface area (Å²) in [6, 6.07) is 6.02. The first kappa shape index (κ1) is 13.6. The van der Waals surface area contributed by atoms with Crippen molar-refractivity contribution in [3.63, 3.8) is 0 Å². The second-order valence-corrected chi connectivity index (χ2v) is 6.14. The van der Waals surface area contributed by atoms with Gasteiger partial charge in [-0.3, -0.25) is 4.68 Å². The first-order valence-corrected chi connectivity index (χ1v) is 6.48. The predicted octanol–water partition coefficient (Wildman–Crippen LogP) is 3.61. The Bertz CT molecular complexity index is 633. The molecule has 0 spiro atoms. The summed E-state index contributed by atoms with van der Waals surface area (Å²) < 4.78 is 1.79. The summed E-state index contributed by atoms with van der Waals surface area (Å²) in [5, 5.41) is 14.4. The van der Waals surface area contributed by atoms with Gasteiger partial charge in [0.2, 0.25) is 0 Å². The molecule has 0 amide bonds. The molecule has 0 saturated carbocycles.